The van der Waals surface area contributed by atoms with Crippen LogP contribution in [0.5, 0.6) is 0 Å². The molecule has 23 heavy (non-hydrogen) atoms. The molecule has 0 bridgehead atoms. The van der Waals surface area contributed by atoms with Crippen LogP contribution >= 0.6 is 0 Å². The summed E-state index contributed by atoms with van der Waals surface area (Å²) in [5.41, 5.74) is 1.19. The quantitative estimate of drug-likeness (QED) is 0.850. The summed E-state index contributed by atoms with van der Waals surface area (Å²) in [5.74, 6) is -0.0850. The Morgan fingerprint density at radius 3 is 2.83 bits per heavy atom. The summed E-state index contributed by atoms with van der Waals surface area (Å²) in [4.78, 5) is 12.0. The molecule has 0 unspecified atom stereocenters. The van der Waals surface area contributed by atoms with E-state index in [9.17, 15) is 13.6 Å². The zero-order valence-corrected chi connectivity index (χ0v) is 12.9. The van der Waals surface area contributed by atoms with Crippen molar-refractivity contribution in [2.75, 3.05) is 0 Å². The Bertz CT molecular complexity index is 690. The third-order valence-corrected chi connectivity index (χ3v) is 3.83. The maximum Gasteiger partial charge on any atom is 0.280 e. The Balaban J connectivity index is 1.60. The average Bonchev–Trinajstić information content (AvgIpc) is 3.12. The third-order valence-electron chi connectivity index (χ3n) is 3.83. The summed E-state index contributed by atoms with van der Waals surface area (Å²) in [5, 5.41) is 11.1. The van der Waals surface area contributed by atoms with E-state index in [4.69, 9.17) is 0 Å². The highest BCUT2D eigenvalue weighted by Gasteiger charge is 2.29. The second-order valence-electron chi connectivity index (χ2n) is 5.67. The molecule has 1 aliphatic carbocycles. The highest BCUT2D eigenvalue weighted by molar-refractivity contribution is 5.75. The number of hydrogen-bond acceptors (Lipinski definition) is 3. The van der Waals surface area contributed by atoms with Crippen molar-refractivity contribution < 1.29 is 13.6 Å². The van der Waals surface area contributed by atoms with E-state index in [-0.39, 0.29) is 30.6 Å². The van der Waals surface area contributed by atoms with Gasteiger partial charge in [0.2, 0.25) is 5.91 Å². The molecular formula is C15H19F2N5O. The molecule has 2 aromatic heterocycles. The van der Waals surface area contributed by atoms with Gasteiger partial charge in [0.05, 0.1) is 17.9 Å². The smallest absolute Gasteiger partial charge is 0.280 e. The molecule has 1 saturated carbocycles. The van der Waals surface area contributed by atoms with E-state index in [1.807, 2.05) is 19.2 Å². The van der Waals surface area contributed by atoms with Crippen molar-refractivity contribution in [1.29, 1.82) is 0 Å². The van der Waals surface area contributed by atoms with Crippen molar-refractivity contribution >= 4 is 5.91 Å². The first-order valence-corrected chi connectivity index (χ1v) is 7.71. The van der Waals surface area contributed by atoms with E-state index in [0.29, 0.717) is 5.69 Å². The van der Waals surface area contributed by atoms with Crippen LogP contribution in [0.2, 0.25) is 0 Å². The van der Waals surface area contributed by atoms with Gasteiger partial charge in [0, 0.05) is 18.7 Å². The van der Waals surface area contributed by atoms with Crippen molar-refractivity contribution in [2.24, 2.45) is 0 Å². The van der Waals surface area contributed by atoms with E-state index in [1.54, 1.807) is 4.68 Å². The zero-order chi connectivity index (χ0) is 16.4. The van der Waals surface area contributed by atoms with Crippen LogP contribution < -0.4 is 5.32 Å². The van der Waals surface area contributed by atoms with Gasteiger partial charge in [-0.15, -0.1) is 0 Å². The van der Waals surface area contributed by atoms with Gasteiger partial charge in [-0.05, 0) is 31.9 Å². The van der Waals surface area contributed by atoms with E-state index < -0.39 is 6.43 Å². The molecule has 0 atom stereocenters. The minimum atomic E-state index is -2.64. The molecular weight excluding hydrogens is 304 g/mol. The van der Waals surface area contributed by atoms with E-state index >= 15 is 0 Å². The Morgan fingerprint density at radius 1 is 1.43 bits per heavy atom. The molecule has 0 radical (unpaired) electrons. The molecule has 1 aliphatic rings. The highest BCUT2D eigenvalue weighted by atomic mass is 19.3. The fourth-order valence-corrected chi connectivity index (χ4v) is 2.39. The van der Waals surface area contributed by atoms with Gasteiger partial charge < -0.3 is 5.32 Å². The van der Waals surface area contributed by atoms with Crippen molar-refractivity contribution in [3.63, 3.8) is 0 Å². The van der Waals surface area contributed by atoms with Crippen LogP contribution in [0.25, 0.3) is 0 Å². The molecule has 1 N–H and O–H groups in total. The SMILES string of the molecule is CCn1ccc(CNC(=O)Cn2nc(C3CC3)cc2C(F)F)n1. The predicted octanol–water partition coefficient (Wildman–Crippen LogP) is 2.23. The maximum atomic E-state index is 13.1. The number of rotatable bonds is 7. The number of alkyl halides is 2. The first-order valence-electron chi connectivity index (χ1n) is 7.71. The van der Waals surface area contributed by atoms with Crippen LogP contribution in [0.1, 0.15) is 49.2 Å². The molecule has 8 heteroatoms. The van der Waals surface area contributed by atoms with Crippen LogP contribution in [0, 0.1) is 0 Å². The summed E-state index contributed by atoms with van der Waals surface area (Å²) in [6.07, 6.45) is 1.15. The topological polar surface area (TPSA) is 64.7 Å². The minimum absolute atomic E-state index is 0.197. The van der Waals surface area contributed by atoms with Crippen molar-refractivity contribution in [1.82, 2.24) is 24.9 Å². The lowest BCUT2D eigenvalue weighted by Crippen LogP contribution is -2.28. The fraction of sp³-hybridized carbons (Fsp3) is 0.533. The average molecular weight is 323 g/mol. The lowest BCUT2D eigenvalue weighted by Gasteiger charge is -2.07. The number of nitrogens with zero attached hydrogens (tertiary/aromatic N) is 4. The Labute approximate surface area is 132 Å². The van der Waals surface area contributed by atoms with Crippen LogP contribution in [0.3, 0.4) is 0 Å². The van der Waals surface area contributed by atoms with Gasteiger partial charge in [-0.1, -0.05) is 0 Å². The molecule has 0 aliphatic heterocycles. The van der Waals surface area contributed by atoms with Gasteiger partial charge in [-0.25, -0.2) is 8.78 Å². The molecule has 2 heterocycles. The number of carbonyl (C=O) groups is 1. The van der Waals surface area contributed by atoms with Gasteiger partial charge >= 0.3 is 0 Å². The molecule has 0 spiro atoms. The molecule has 0 aromatic carbocycles. The van der Waals surface area contributed by atoms with Crippen LogP contribution in [0.15, 0.2) is 18.3 Å². The number of hydrogen-bond donors (Lipinski definition) is 1. The number of aromatic nitrogens is 4. The fourth-order valence-electron chi connectivity index (χ4n) is 2.39. The Kier molecular flexibility index (Phi) is 4.40. The van der Waals surface area contributed by atoms with E-state index in [2.05, 4.69) is 15.5 Å². The lowest BCUT2D eigenvalue weighted by molar-refractivity contribution is -0.122. The second kappa shape index (κ2) is 6.47. The normalized spacial score (nSPS) is 14.4. The van der Waals surface area contributed by atoms with Crippen molar-refractivity contribution in [2.45, 2.75) is 51.7 Å². The van der Waals surface area contributed by atoms with Crippen molar-refractivity contribution in [3.8, 4) is 0 Å². The summed E-state index contributed by atoms with van der Waals surface area (Å²) in [6, 6.07) is 3.23. The van der Waals surface area contributed by atoms with Gasteiger partial charge in [-0.2, -0.15) is 10.2 Å². The zero-order valence-electron chi connectivity index (χ0n) is 12.9. The monoisotopic (exact) mass is 323 g/mol. The number of carbonyl (C=O) groups excluding carboxylic acids is 1. The first-order chi connectivity index (χ1) is 11.1. The van der Waals surface area contributed by atoms with Crippen LogP contribution in [0.4, 0.5) is 8.78 Å². The van der Waals surface area contributed by atoms with Crippen molar-refractivity contribution in [3.05, 3.63) is 35.4 Å². The summed E-state index contributed by atoms with van der Waals surface area (Å²) in [6.45, 7) is 2.78. The molecule has 1 fully saturated rings. The summed E-state index contributed by atoms with van der Waals surface area (Å²) >= 11 is 0. The molecule has 124 valence electrons. The molecule has 1 amide bonds. The second-order valence-corrected chi connectivity index (χ2v) is 5.67. The first kappa shape index (κ1) is 15.6. The molecule has 0 saturated heterocycles. The van der Waals surface area contributed by atoms with Gasteiger partial charge in [0.15, 0.2) is 0 Å². The maximum absolute atomic E-state index is 13.1. The minimum Gasteiger partial charge on any atom is -0.349 e. The number of halogens is 2. The van der Waals surface area contributed by atoms with Gasteiger partial charge in [0.1, 0.15) is 12.2 Å². The van der Waals surface area contributed by atoms with Crippen LogP contribution in [-0.2, 0) is 24.4 Å². The standard InChI is InChI=1S/C15H19F2N5O/c1-2-21-6-5-11(19-21)8-18-14(23)9-22-13(15(16)17)7-12(20-22)10-3-4-10/h5-7,10,15H,2-4,8-9H2,1H3,(H,18,23). The van der Waals surface area contributed by atoms with Gasteiger partial charge in [-0.3, -0.25) is 14.2 Å². The predicted molar refractivity (Wildman–Crippen MR) is 78.9 cm³/mol. The highest BCUT2D eigenvalue weighted by Crippen LogP contribution is 2.40. The number of aryl methyl sites for hydroxylation is 1. The Morgan fingerprint density at radius 2 is 2.22 bits per heavy atom. The van der Waals surface area contributed by atoms with E-state index in [0.717, 1.165) is 29.8 Å². The number of nitrogens with one attached hydrogen (secondary N) is 1. The third kappa shape index (κ3) is 3.75. The molecule has 2 aromatic rings. The lowest BCUT2D eigenvalue weighted by atomic mass is 10.3. The molecule has 6 nitrogen and oxygen atoms in total. The largest absolute Gasteiger partial charge is 0.349 e. The Hall–Kier alpha value is -2.25. The van der Waals surface area contributed by atoms with E-state index in [1.165, 1.54) is 6.07 Å². The summed E-state index contributed by atoms with van der Waals surface area (Å²) in [7, 11) is 0. The van der Waals surface area contributed by atoms with Gasteiger partial charge in [0.25, 0.3) is 6.43 Å². The van der Waals surface area contributed by atoms with Crippen LogP contribution in [-0.4, -0.2) is 25.5 Å². The number of amides is 1. The summed E-state index contributed by atoms with van der Waals surface area (Å²) < 4.78 is 29.0. The molecule has 3 rings (SSSR count).